The molecule has 0 fully saturated rings. The standard InChI is InChI=1S/C29H28N2O4/c1-4-6-22-11-14-27(28(19-22)33-3)35-16-15-34-26-8-5-7-23(18-26)17-24(20-30)29(32)31-25-12-9-21(2)10-13-25/h4-5,7-14,17-19H,1,6,15-16H2,2-3H3,(H,31,32)/b24-17+. The van der Waals surface area contributed by atoms with Crippen LogP contribution in [0.2, 0.25) is 0 Å². The number of carbonyl (C=O) groups is 1. The number of allylic oxidation sites excluding steroid dienone is 1. The third-order valence-electron chi connectivity index (χ3n) is 5.06. The van der Waals surface area contributed by atoms with Gasteiger partial charge in [0, 0.05) is 5.69 Å². The third-order valence-corrected chi connectivity index (χ3v) is 5.06. The molecule has 0 aliphatic heterocycles. The fourth-order valence-corrected chi connectivity index (χ4v) is 3.28. The van der Waals surface area contributed by atoms with Gasteiger partial charge in [0.05, 0.1) is 7.11 Å². The van der Waals surface area contributed by atoms with E-state index in [0.717, 1.165) is 17.5 Å². The van der Waals surface area contributed by atoms with Crippen molar-refractivity contribution < 1.29 is 19.0 Å². The highest BCUT2D eigenvalue weighted by Crippen LogP contribution is 2.28. The second kappa shape index (κ2) is 12.7. The summed E-state index contributed by atoms with van der Waals surface area (Å²) in [7, 11) is 1.60. The maximum atomic E-state index is 12.5. The number of aryl methyl sites for hydroxylation is 1. The molecule has 0 saturated heterocycles. The third kappa shape index (κ3) is 7.51. The van der Waals surface area contributed by atoms with Gasteiger partial charge in [0.25, 0.3) is 5.91 Å². The molecule has 0 aliphatic carbocycles. The van der Waals surface area contributed by atoms with E-state index in [1.54, 1.807) is 43.5 Å². The van der Waals surface area contributed by atoms with E-state index >= 15 is 0 Å². The fourth-order valence-electron chi connectivity index (χ4n) is 3.28. The maximum Gasteiger partial charge on any atom is 0.266 e. The Morgan fingerprint density at radius 2 is 1.80 bits per heavy atom. The van der Waals surface area contributed by atoms with E-state index in [0.29, 0.717) is 41.7 Å². The zero-order valence-corrected chi connectivity index (χ0v) is 19.9. The number of anilines is 1. The van der Waals surface area contributed by atoms with Crippen molar-refractivity contribution in [3.05, 3.63) is 102 Å². The molecule has 0 bridgehead atoms. The van der Waals surface area contributed by atoms with Crippen LogP contribution < -0.4 is 19.5 Å². The van der Waals surface area contributed by atoms with Crippen LogP contribution in [0.15, 0.2) is 85.0 Å². The number of amides is 1. The first kappa shape index (κ1) is 25.1. The second-order valence-corrected chi connectivity index (χ2v) is 7.74. The molecule has 0 unspecified atom stereocenters. The minimum atomic E-state index is -0.468. The van der Waals surface area contributed by atoms with Gasteiger partial charge in [-0.15, -0.1) is 6.58 Å². The Morgan fingerprint density at radius 1 is 1.03 bits per heavy atom. The number of hydrogen-bond acceptors (Lipinski definition) is 5. The van der Waals surface area contributed by atoms with Crippen LogP contribution in [-0.4, -0.2) is 26.2 Å². The van der Waals surface area contributed by atoms with Crippen molar-refractivity contribution >= 4 is 17.7 Å². The lowest BCUT2D eigenvalue weighted by Gasteiger charge is -2.12. The number of benzene rings is 3. The largest absolute Gasteiger partial charge is 0.493 e. The van der Waals surface area contributed by atoms with Crippen molar-refractivity contribution in [2.24, 2.45) is 0 Å². The summed E-state index contributed by atoms with van der Waals surface area (Å²) in [5.74, 6) is 1.43. The Morgan fingerprint density at radius 3 is 2.51 bits per heavy atom. The predicted octanol–water partition coefficient (Wildman–Crippen LogP) is 5.74. The Bertz CT molecular complexity index is 1240. The van der Waals surface area contributed by atoms with E-state index in [4.69, 9.17) is 14.2 Å². The molecule has 0 aromatic heterocycles. The Labute approximate surface area is 206 Å². The van der Waals surface area contributed by atoms with Crippen molar-refractivity contribution in [1.82, 2.24) is 0 Å². The molecule has 0 atom stereocenters. The Kier molecular flexibility index (Phi) is 9.09. The van der Waals surface area contributed by atoms with E-state index < -0.39 is 5.91 Å². The quantitative estimate of drug-likeness (QED) is 0.168. The van der Waals surface area contributed by atoms with Crippen LogP contribution in [0.5, 0.6) is 17.2 Å². The fraction of sp³-hybridized carbons (Fsp3) is 0.172. The second-order valence-electron chi connectivity index (χ2n) is 7.74. The monoisotopic (exact) mass is 468 g/mol. The topological polar surface area (TPSA) is 80.6 Å². The van der Waals surface area contributed by atoms with E-state index in [9.17, 15) is 10.1 Å². The highest BCUT2D eigenvalue weighted by Gasteiger charge is 2.10. The van der Waals surface area contributed by atoms with E-state index in [1.165, 1.54) is 6.08 Å². The number of ether oxygens (including phenoxy) is 3. The average Bonchev–Trinajstić information content (AvgIpc) is 2.87. The molecule has 3 rings (SSSR count). The molecule has 3 aromatic carbocycles. The van der Waals surface area contributed by atoms with Crippen molar-refractivity contribution in [3.8, 4) is 23.3 Å². The van der Waals surface area contributed by atoms with E-state index in [2.05, 4.69) is 11.9 Å². The van der Waals surface area contributed by atoms with Crippen LogP contribution in [0, 0.1) is 18.3 Å². The van der Waals surface area contributed by atoms with E-state index in [1.807, 2.05) is 49.4 Å². The first-order valence-electron chi connectivity index (χ1n) is 11.2. The van der Waals surface area contributed by atoms with Gasteiger partial charge in [-0.1, -0.05) is 42.0 Å². The lowest BCUT2D eigenvalue weighted by Crippen LogP contribution is -2.13. The molecular formula is C29H28N2O4. The maximum absolute atomic E-state index is 12.5. The van der Waals surface area contributed by atoms with Crippen LogP contribution in [-0.2, 0) is 11.2 Å². The van der Waals surface area contributed by atoms with Gasteiger partial charge in [0.15, 0.2) is 11.5 Å². The molecule has 0 heterocycles. The number of nitriles is 1. The lowest BCUT2D eigenvalue weighted by atomic mass is 10.1. The van der Waals surface area contributed by atoms with Crippen LogP contribution in [0.25, 0.3) is 6.08 Å². The zero-order chi connectivity index (χ0) is 25.0. The summed E-state index contributed by atoms with van der Waals surface area (Å²) >= 11 is 0. The zero-order valence-electron chi connectivity index (χ0n) is 19.9. The van der Waals surface area contributed by atoms with E-state index in [-0.39, 0.29) is 5.57 Å². The summed E-state index contributed by atoms with van der Waals surface area (Å²) in [6, 6.07) is 22.3. The summed E-state index contributed by atoms with van der Waals surface area (Å²) in [6.07, 6.45) is 4.12. The summed E-state index contributed by atoms with van der Waals surface area (Å²) in [5.41, 5.74) is 3.48. The van der Waals surface area contributed by atoms with Gasteiger partial charge >= 0.3 is 0 Å². The van der Waals surface area contributed by atoms with Gasteiger partial charge in [0.2, 0.25) is 0 Å². The normalized spacial score (nSPS) is 10.7. The molecule has 0 saturated carbocycles. The summed E-state index contributed by atoms with van der Waals surface area (Å²) in [5, 5.41) is 12.2. The number of carbonyl (C=O) groups excluding carboxylic acids is 1. The van der Waals surface area contributed by atoms with Crippen molar-refractivity contribution in [2.45, 2.75) is 13.3 Å². The summed E-state index contributed by atoms with van der Waals surface area (Å²) in [6.45, 7) is 6.34. The average molecular weight is 469 g/mol. The van der Waals surface area contributed by atoms with Crippen molar-refractivity contribution in [1.29, 1.82) is 5.26 Å². The smallest absolute Gasteiger partial charge is 0.266 e. The minimum Gasteiger partial charge on any atom is -0.493 e. The van der Waals surface area contributed by atoms with Gasteiger partial charge < -0.3 is 19.5 Å². The molecule has 0 spiro atoms. The summed E-state index contributed by atoms with van der Waals surface area (Å²) < 4.78 is 17.0. The van der Waals surface area contributed by atoms with Crippen LogP contribution in [0.1, 0.15) is 16.7 Å². The Balaban J connectivity index is 1.58. The molecule has 178 valence electrons. The number of rotatable bonds is 11. The predicted molar refractivity (Wildman–Crippen MR) is 138 cm³/mol. The molecule has 0 aliphatic rings. The lowest BCUT2D eigenvalue weighted by molar-refractivity contribution is -0.112. The van der Waals surface area contributed by atoms with Crippen LogP contribution >= 0.6 is 0 Å². The Hall–Kier alpha value is -4.50. The SMILES string of the molecule is C=CCc1ccc(OCCOc2cccc(/C=C(\C#N)C(=O)Nc3ccc(C)cc3)c2)c(OC)c1. The van der Waals surface area contributed by atoms with Gasteiger partial charge in [0.1, 0.15) is 30.6 Å². The van der Waals surface area contributed by atoms with Gasteiger partial charge in [-0.3, -0.25) is 4.79 Å². The van der Waals surface area contributed by atoms with Gasteiger partial charge in [-0.2, -0.15) is 5.26 Å². The highest BCUT2D eigenvalue weighted by atomic mass is 16.5. The van der Waals surface area contributed by atoms with Crippen molar-refractivity contribution in [2.75, 3.05) is 25.6 Å². The molecule has 1 N–H and O–H groups in total. The number of methoxy groups -OCH3 is 1. The molecule has 3 aromatic rings. The molecule has 0 radical (unpaired) electrons. The molecule has 6 heteroatoms. The first-order valence-corrected chi connectivity index (χ1v) is 11.2. The molecule has 35 heavy (non-hydrogen) atoms. The molecule has 6 nitrogen and oxygen atoms in total. The van der Waals surface area contributed by atoms with Crippen LogP contribution in [0.3, 0.4) is 0 Å². The minimum absolute atomic E-state index is 0.00180. The van der Waals surface area contributed by atoms with Gasteiger partial charge in [-0.25, -0.2) is 0 Å². The number of nitrogens with one attached hydrogen (secondary N) is 1. The van der Waals surface area contributed by atoms with Crippen molar-refractivity contribution in [3.63, 3.8) is 0 Å². The number of nitrogens with zero attached hydrogens (tertiary/aromatic N) is 1. The van der Waals surface area contributed by atoms with Crippen LogP contribution in [0.4, 0.5) is 5.69 Å². The highest BCUT2D eigenvalue weighted by molar-refractivity contribution is 6.09. The van der Waals surface area contributed by atoms with Gasteiger partial charge in [-0.05, 0) is 66.9 Å². The molecular weight excluding hydrogens is 440 g/mol. The molecule has 1 amide bonds. The number of hydrogen-bond donors (Lipinski definition) is 1. The first-order chi connectivity index (χ1) is 17.0. The summed E-state index contributed by atoms with van der Waals surface area (Å²) in [4.78, 5) is 12.5.